The van der Waals surface area contributed by atoms with Crippen LogP contribution in [-0.2, 0) is 19.1 Å². The van der Waals surface area contributed by atoms with Crippen molar-refractivity contribution in [3.63, 3.8) is 0 Å². The van der Waals surface area contributed by atoms with Gasteiger partial charge < -0.3 is 14.8 Å². The summed E-state index contributed by atoms with van der Waals surface area (Å²) in [5.41, 5.74) is -0.541. The van der Waals surface area contributed by atoms with Crippen molar-refractivity contribution in [2.24, 2.45) is 0 Å². The van der Waals surface area contributed by atoms with Crippen molar-refractivity contribution in [2.75, 3.05) is 19.7 Å². The second-order valence-corrected chi connectivity index (χ2v) is 5.20. The minimum Gasteiger partial charge on any atom is -0.460 e. The molecule has 0 aromatic rings. The zero-order valence-corrected chi connectivity index (χ0v) is 10.7. The van der Waals surface area contributed by atoms with Gasteiger partial charge in [0.2, 0.25) is 0 Å². The van der Waals surface area contributed by atoms with Crippen molar-refractivity contribution in [3.05, 3.63) is 0 Å². The third-order valence-corrected chi connectivity index (χ3v) is 2.22. The van der Waals surface area contributed by atoms with Gasteiger partial charge in [-0.1, -0.05) is 0 Å². The maximum Gasteiger partial charge on any atom is 0.313 e. The van der Waals surface area contributed by atoms with E-state index >= 15 is 0 Å². The molecule has 0 amide bonds. The number of esters is 1. The highest BCUT2D eigenvalue weighted by atomic mass is 16.6. The van der Waals surface area contributed by atoms with Gasteiger partial charge in [0.05, 0.1) is 12.7 Å². The van der Waals surface area contributed by atoms with Crippen LogP contribution >= 0.6 is 0 Å². The predicted octanol–water partition coefficient (Wildman–Crippen LogP) is 0.666. The first-order valence-corrected chi connectivity index (χ1v) is 5.93. The number of carbonyl (C=O) groups excluding carboxylic acids is 2. The van der Waals surface area contributed by atoms with E-state index in [1.54, 1.807) is 20.8 Å². The molecule has 0 saturated carbocycles. The summed E-state index contributed by atoms with van der Waals surface area (Å²) in [5, 5.41) is 3.14. The van der Waals surface area contributed by atoms with Crippen LogP contribution in [0, 0.1) is 0 Å². The molecule has 1 fully saturated rings. The smallest absolute Gasteiger partial charge is 0.313 e. The second-order valence-electron chi connectivity index (χ2n) is 5.20. The lowest BCUT2D eigenvalue weighted by atomic mass is 10.1. The Morgan fingerprint density at radius 2 is 2.12 bits per heavy atom. The van der Waals surface area contributed by atoms with Crippen LogP contribution in [0.25, 0.3) is 0 Å². The standard InChI is InChI=1S/C12H21NO4/c1-12(2,3)17-11(15)7-9(14)6-10-8-13-4-5-16-10/h10,13H,4-8H2,1-3H3. The second kappa shape index (κ2) is 6.12. The van der Waals surface area contributed by atoms with Crippen molar-refractivity contribution < 1.29 is 19.1 Å². The summed E-state index contributed by atoms with van der Waals surface area (Å²) in [4.78, 5) is 23.0. The van der Waals surface area contributed by atoms with Gasteiger partial charge in [0.1, 0.15) is 17.8 Å². The number of Topliss-reactive ketones (excluding diaryl/α,β-unsaturated/α-hetero) is 1. The summed E-state index contributed by atoms with van der Waals surface area (Å²) >= 11 is 0. The van der Waals surface area contributed by atoms with E-state index in [1.165, 1.54) is 0 Å². The fraction of sp³-hybridized carbons (Fsp3) is 0.833. The minimum atomic E-state index is -0.541. The van der Waals surface area contributed by atoms with Crippen LogP contribution in [0.2, 0.25) is 0 Å². The van der Waals surface area contributed by atoms with Crippen molar-refractivity contribution in [1.82, 2.24) is 5.32 Å². The molecule has 1 rings (SSSR count). The Bertz CT molecular complexity index is 277. The van der Waals surface area contributed by atoms with E-state index in [9.17, 15) is 9.59 Å². The van der Waals surface area contributed by atoms with Crippen LogP contribution < -0.4 is 5.32 Å². The zero-order valence-electron chi connectivity index (χ0n) is 10.7. The van der Waals surface area contributed by atoms with Crippen LogP contribution in [0.15, 0.2) is 0 Å². The molecule has 0 radical (unpaired) electrons. The molecule has 1 saturated heterocycles. The number of ketones is 1. The number of carbonyl (C=O) groups is 2. The molecule has 17 heavy (non-hydrogen) atoms. The Balaban J connectivity index is 2.26. The number of nitrogens with one attached hydrogen (secondary N) is 1. The average molecular weight is 243 g/mol. The number of rotatable bonds is 4. The SMILES string of the molecule is CC(C)(C)OC(=O)CC(=O)CC1CNCCO1. The summed E-state index contributed by atoms with van der Waals surface area (Å²) in [6.45, 7) is 7.44. The van der Waals surface area contributed by atoms with Crippen molar-refractivity contribution >= 4 is 11.8 Å². The topological polar surface area (TPSA) is 64.6 Å². The van der Waals surface area contributed by atoms with E-state index in [2.05, 4.69) is 5.32 Å². The number of hydrogen-bond acceptors (Lipinski definition) is 5. The van der Waals surface area contributed by atoms with E-state index in [1.807, 2.05) is 0 Å². The predicted molar refractivity (Wildman–Crippen MR) is 62.7 cm³/mol. The number of ether oxygens (including phenoxy) is 2. The van der Waals surface area contributed by atoms with E-state index in [-0.39, 0.29) is 24.7 Å². The first-order valence-electron chi connectivity index (χ1n) is 5.93. The zero-order chi connectivity index (χ0) is 12.9. The molecule has 1 heterocycles. The van der Waals surface area contributed by atoms with E-state index in [0.29, 0.717) is 13.2 Å². The molecule has 0 aliphatic carbocycles. The normalized spacial score (nSPS) is 21.0. The van der Waals surface area contributed by atoms with E-state index in [0.717, 1.165) is 6.54 Å². The highest BCUT2D eigenvalue weighted by Gasteiger charge is 2.22. The average Bonchev–Trinajstić information content (AvgIpc) is 2.15. The lowest BCUT2D eigenvalue weighted by Crippen LogP contribution is -2.39. The van der Waals surface area contributed by atoms with Crippen molar-refractivity contribution in [1.29, 1.82) is 0 Å². The summed E-state index contributed by atoms with van der Waals surface area (Å²) < 4.78 is 10.5. The monoisotopic (exact) mass is 243 g/mol. The first-order chi connectivity index (χ1) is 7.87. The van der Waals surface area contributed by atoms with Crippen molar-refractivity contribution in [3.8, 4) is 0 Å². The van der Waals surface area contributed by atoms with Crippen LogP contribution in [0.3, 0.4) is 0 Å². The fourth-order valence-electron chi connectivity index (χ4n) is 1.62. The molecule has 1 atom stereocenters. The first kappa shape index (κ1) is 14.1. The van der Waals surface area contributed by atoms with Gasteiger partial charge in [-0.15, -0.1) is 0 Å². The molecule has 5 nitrogen and oxygen atoms in total. The molecule has 0 bridgehead atoms. The molecular formula is C12H21NO4. The summed E-state index contributed by atoms with van der Waals surface area (Å²) in [6, 6.07) is 0. The van der Waals surface area contributed by atoms with Gasteiger partial charge in [-0.05, 0) is 20.8 Å². The third-order valence-electron chi connectivity index (χ3n) is 2.22. The van der Waals surface area contributed by atoms with Gasteiger partial charge in [-0.25, -0.2) is 0 Å². The quantitative estimate of drug-likeness (QED) is 0.580. The molecule has 0 aromatic heterocycles. The Labute approximate surface area is 102 Å². The Morgan fingerprint density at radius 1 is 1.41 bits per heavy atom. The maximum atomic E-state index is 11.6. The van der Waals surface area contributed by atoms with Crippen LogP contribution in [-0.4, -0.2) is 43.2 Å². The molecule has 1 aliphatic rings. The maximum absolute atomic E-state index is 11.6. The molecular weight excluding hydrogens is 222 g/mol. The fourth-order valence-corrected chi connectivity index (χ4v) is 1.62. The Hall–Kier alpha value is -0.940. The molecule has 98 valence electrons. The largest absolute Gasteiger partial charge is 0.460 e. The van der Waals surface area contributed by atoms with Crippen LogP contribution in [0.5, 0.6) is 0 Å². The number of morpholine rings is 1. The Kier molecular flexibility index (Phi) is 5.08. The highest BCUT2D eigenvalue weighted by Crippen LogP contribution is 2.10. The van der Waals surface area contributed by atoms with E-state index < -0.39 is 11.6 Å². The minimum absolute atomic E-state index is 0.112. The number of hydrogen-bond donors (Lipinski definition) is 1. The molecule has 1 aliphatic heterocycles. The van der Waals surface area contributed by atoms with E-state index in [4.69, 9.17) is 9.47 Å². The van der Waals surface area contributed by atoms with Gasteiger partial charge in [0.15, 0.2) is 0 Å². The lowest BCUT2D eigenvalue weighted by molar-refractivity contribution is -0.156. The van der Waals surface area contributed by atoms with Gasteiger partial charge in [-0.2, -0.15) is 0 Å². The lowest BCUT2D eigenvalue weighted by Gasteiger charge is -2.23. The highest BCUT2D eigenvalue weighted by molar-refractivity contribution is 5.95. The van der Waals surface area contributed by atoms with Crippen LogP contribution in [0.4, 0.5) is 0 Å². The molecule has 5 heteroatoms. The summed E-state index contributed by atoms with van der Waals surface area (Å²) in [7, 11) is 0. The van der Waals surface area contributed by atoms with Gasteiger partial charge >= 0.3 is 5.97 Å². The van der Waals surface area contributed by atoms with Crippen molar-refractivity contribution in [2.45, 2.75) is 45.3 Å². The molecule has 1 unspecified atom stereocenters. The van der Waals surface area contributed by atoms with Gasteiger partial charge in [0, 0.05) is 19.5 Å². The third kappa shape index (κ3) is 6.38. The molecule has 0 spiro atoms. The summed E-state index contributed by atoms with van der Waals surface area (Å²) in [6.07, 6.45) is -0.0118. The molecule has 0 aromatic carbocycles. The van der Waals surface area contributed by atoms with Crippen LogP contribution in [0.1, 0.15) is 33.6 Å². The van der Waals surface area contributed by atoms with Gasteiger partial charge in [-0.3, -0.25) is 9.59 Å². The summed E-state index contributed by atoms with van der Waals surface area (Å²) in [5.74, 6) is -0.598. The van der Waals surface area contributed by atoms with Gasteiger partial charge in [0.25, 0.3) is 0 Å². The Morgan fingerprint density at radius 3 is 2.65 bits per heavy atom. The molecule has 1 N–H and O–H groups in total.